The molecule has 0 unspecified atom stereocenters. The maximum Gasteiger partial charge on any atom is 0.119 e. The van der Waals surface area contributed by atoms with Crippen molar-refractivity contribution in [1.29, 1.82) is 0 Å². The van der Waals surface area contributed by atoms with Crippen molar-refractivity contribution in [3.05, 3.63) is 53.1 Å². The summed E-state index contributed by atoms with van der Waals surface area (Å²) in [7, 11) is 3.69. The van der Waals surface area contributed by atoms with Crippen molar-refractivity contribution in [2.45, 2.75) is 13.5 Å². The first-order chi connectivity index (χ1) is 10.2. The molecule has 2 aromatic rings. The number of anilines is 2. The number of ether oxygens (including phenoxy) is 1. The third-order valence-electron chi connectivity index (χ3n) is 3.43. The summed E-state index contributed by atoms with van der Waals surface area (Å²) in [5.74, 6) is 0.846. The summed E-state index contributed by atoms with van der Waals surface area (Å²) in [5.41, 5.74) is 3.29. The average Bonchev–Trinajstić information content (AvgIpc) is 2.52. The van der Waals surface area contributed by atoms with E-state index in [1.807, 2.05) is 43.4 Å². The molecule has 0 radical (unpaired) electrons. The molecule has 0 saturated heterocycles. The van der Waals surface area contributed by atoms with Crippen LogP contribution in [0.2, 0.25) is 5.02 Å². The predicted molar refractivity (Wildman–Crippen MR) is 89.9 cm³/mol. The highest BCUT2D eigenvalue weighted by Gasteiger charge is 2.13. The number of halogens is 1. The van der Waals surface area contributed by atoms with Gasteiger partial charge in [-0.3, -0.25) is 0 Å². The molecular formula is C17H21ClN2O. The normalized spacial score (nSPS) is 10.5. The van der Waals surface area contributed by atoms with Gasteiger partial charge >= 0.3 is 0 Å². The molecule has 1 N–H and O–H groups in total. The van der Waals surface area contributed by atoms with Gasteiger partial charge in [-0.25, -0.2) is 0 Å². The summed E-state index contributed by atoms with van der Waals surface area (Å²) in [6.07, 6.45) is 0. The molecule has 0 bridgehead atoms. The van der Waals surface area contributed by atoms with E-state index in [2.05, 4.69) is 23.2 Å². The second kappa shape index (κ2) is 7.34. The number of nitrogens with zero attached hydrogens (tertiary/aromatic N) is 1. The molecule has 0 aliphatic heterocycles. The van der Waals surface area contributed by atoms with Gasteiger partial charge in [0.2, 0.25) is 0 Å². The minimum absolute atomic E-state index is 0.753. The molecule has 0 heterocycles. The molecule has 0 aliphatic rings. The maximum absolute atomic E-state index is 6.42. The highest BCUT2D eigenvalue weighted by Crippen LogP contribution is 2.34. The average molecular weight is 305 g/mol. The molecule has 0 saturated carbocycles. The van der Waals surface area contributed by atoms with E-state index in [-0.39, 0.29) is 0 Å². The minimum atomic E-state index is 0.753. The Labute approximate surface area is 131 Å². The van der Waals surface area contributed by atoms with Crippen molar-refractivity contribution >= 4 is 23.0 Å². The fourth-order valence-electron chi connectivity index (χ4n) is 2.27. The summed E-state index contributed by atoms with van der Waals surface area (Å²) in [6.45, 7) is 3.82. The number of methoxy groups -OCH3 is 1. The quantitative estimate of drug-likeness (QED) is 0.864. The standard InChI is InChI=1S/C17H21ClN2O/c1-4-19-12-13-6-5-7-16(18)17(13)20(2)14-8-10-15(21-3)11-9-14/h5-11,19H,4,12H2,1-3H3. The van der Waals surface area contributed by atoms with Crippen molar-refractivity contribution in [1.82, 2.24) is 5.32 Å². The van der Waals surface area contributed by atoms with E-state index in [1.165, 1.54) is 5.56 Å². The number of para-hydroxylation sites is 1. The largest absolute Gasteiger partial charge is 0.497 e. The molecule has 0 spiro atoms. The van der Waals surface area contributed by atoms with Crippen LogP contribution in [0.1, 0.15) is 12.5 Å². The predicted octanol–water partition coefficient (Wildman–Crippen LogP) is 4.23. The number of benzene rings is 2. The molecule has 4 heteroatoms. The van der Waals surface area contributed by atoms with Crippen LogP contribution in [0.25, 0.3) is 0 Å². The lowest BCUT2D eigenvalue weighted by atomic mass is 10.1. The van der Waals surface area contributed by atoms with E-state index in [9.17, 15) is 0 Å². The Bertz CT molecular complexity index is 584. The van der Waals surface area contributed by atoms with Crippen molar-refractivity contribution < 1.29 is 4.74 Å². The van der Waals surface area contributed by atoms with Gasteiger partial charge in [-0.05, 0) is 42.4 Å². The van der Waals surface area contributed by atoms with Crippen LogP contribution in [0, 0.1) is 0 Å². The van der Waals surface area contributed by atoms with Crippen molar-refractivity contribution in [3.63, 3.8) is 0 Å². The highest BCUT2D eigenvalue weighted by atomic mass is 35.5. The molecule has 3 nitrogen and oxygen atoms in total. The van der Waals surface area contributed by atoms with Crippen LogP contribution in [0.5, 0.6) is 5.75 Å². The number of rotatable bonds is 6. The van der Waals surface area contributed by atoms with Crippen LogP contribution in [0.4, 0.5) is 11.4 Å². The van der Waals surface area contributed by atoms with Gasteiger partial charge in [0.25, 0.3) is 0 Å². The number of hydrogen-bond acceptors (Lipinski definition) is 3. The van der Waals surface area contributed by atoms with E-state index in [0.717, 1.165) is 35.2 Å². The Kier molecular flexibility index (Phi) is 5.48. The molecule has 0 fully saturated rings. The summed E-state index contributed by atoms with van der Waals surface area (Å²) >= 11 is 6.42. The molecule has 2 aromatic carbocycles. The van der Waals surface area contributed by atoms with Crippen LogP contribution in [0.3, 0.4) is 0 Å². The smallest absolute Gasteiger partial charge is 0.119 e. The molecule has 0 atom stereocenters. The highest BCUT2D eigenvalue weighted by molar-refractivity contribution is 6.33. The van der Waals surface area contributed by atoms with Gasteiger partial charge in [-0.1, -0.05) is 30.7 Å². The van der Waals surface area contributed by atoms with Crippen molar-refractivity contribution in [3.8, 4) is 5.75 Å². The molecule has 21 heavy (non-hydrogen) atoms. The second-order valence-corrected chi connectivity index (χ2v) is 5.19. The lowest BCUT2D eigenvalue weighted by Gasteiger charge is -2.24. The SMILES string of the molecule is CCNCc1cccc(Cl)c1N(C)c1ccc(OC)cc1. The van der Waals surface area contributed by atoms with E-state index in [1.54, 1.807) is 7.11 Å². The van der Waals surface area contributed by atoms with E-state index in [4.69, 9.17) is 16.3 Å². The van der Waals surface area contributed by atoms with E-state index < -0.39 is 0 Å². The van der Waals surface area contributed by atoms with E-state index >= 15 is 0 Å². The maximum atomic E-state index is 6.42. The van der Waals surface area contributed by atoms with Gasteiger partial charge in [0.1, 0.15) is 5.75 Å². The zero-order valence-electron chi connectivity index (χ0n) is 12.7. The first-order valence-electron chi connectivity index (χ1n) is 7.03. The van der Waals surface area contributed by atoms with Gasteiger partial charge < -0.3 is 15.0 Å². The first kappa shape index (κ1) is 15.7. The topological polar surface area (TPSA) is 24.5 Å². The third kappa shape index (κ3) is 3.69. The van der Waals surface area contributed by atoms with Crippen LogP contribution in [-0.4, -0.2) is 20.7 Å². The molecule has 112 valence electrons. The number of nitrogens with one attached hydrogen (secondary N) is 1. The van der Waals surface area contributed by atoms with Gasteiger partial charge in [-0.15, -0.1) is 0 Å². The third-order valence-corrected chi connectivity index (χ3v) is 3.74. The monoisotopic (exact) mass is 304 g/mol. The zero-order valence-corrected chi connectivity index (χ0v) is 13.4. The van der Waals surface area contributed by atoms with Crippen LogP contribution < -0.4 is 15.0 Å². The molecule has 0 aromatic heterocycles. The Hall–Kier alpha value is -1.71. The van der Waals surface area contributed by atoms with Crippen LogP contribution in [-0.2, 0) is 6.54 Å². The fourth-order valence-corrected chi connectivity index (χ4v) is 2.59. The zero-order chi connectivity index (χ0) is 15.2. The molecular weight excluding hydrogens is 284 g/mol. The van der Waals surface area contributed by atoms with Crippen molar-refractivity contribution in [2.75, 3.05) is 25.6 Å². The Morgan fingerprint density at radius 2 is 1.86 bits per heavy atom. The van der Waals surface area contributed by atoms with Crippen LogP contribution in [0.15, 0.2) is 42.5 Å². The minimum Gasteiger partial charge on any atom is -0.497 e. The van der Waals surface area contributed by atoms with E-state index in [0.29, 0.717) is 0 Å². The Morgan fingerprint density at radius 1 is 1.14 bits per heavy atom. The summed E-state index contributed by atoms with van der Waals surface area (Å²) in [5, 5.41) is 4.10. The summed E-state index contributed by atoms with van der Waals surface area (Å²) in [6, 6.07) is 14.0. The molecule has 0 amide bonds. The lowest BCUT2D eigenvalue weighted by Crippen LogP contribution is -2.17. The Morgan fingerprint density at radius 3 is 2.48 bits per heavy atom. The second-order valence-electron chi connectivity index (χ2n) is 4.78. The summed E-state index contributed by atoms with van der Waals surface area (Å²) < 4.78 is 5.20. The number of hydrogen-bond donors (Lipinski definition) is 1. The molecule has 0 aliphatic carbocycles. The fraction of sp³-hybridized carbons (Fsp3) is 0.294. The Balaban J connectivity index is 2.34. The summed E-state index contributed by atoms with van der Waals surface area (Å²) in [4.78, 5) is 2.11. The van der Waals surface area contributed by atoms with Gasteiger partial charge in [-0.2, -0.15) is 0 Å². The van der Waals surface area contributed by atoms with Crippen molar-refractivity contribution in [2.24, 2.45) is 0 Å². The first-order valence-corrected chi connectivity index (χ1v) is 7.41. The van der Waals surface area contributed by atoms with Crippen LogP contribution >= 0.6 is 11.6 Å². The lowest BCUT2D eigenvalue weighted by molar-refractivity contribution is 0.415. The molecule has 2 rings (SSSR count). The van der Waals surface area contributed by atoms with Gasteiger partial charge in [0.05, 0.1) is 17.8 Å². The van der Waals surface area contributed by atoms with Gasteiger partial charge in [0.15, 0.2) is 0 Å². The van der Waals surface area contributed by atoms with Gasteiger partial charge in [0, 0.05) is 19.3 Å².